The molecular formula is C15H9LiO4. The van der Waals surface area contributed by atoms with Crippen LogP contribution in [0.1, 0.15) is 42.2 Å². The first-order chi connectivity index (χ1) is 9.09. The van der Waals surface area contributed by atoms with Crippen molar-refractivity contribution in [3.05, 3.63) is 70.3 Å². The summed E-state index contributed by atoms with van der Waals surface area (Å²) in [7, 11) is 0. The number of fused-ring (bicyclic) bond motifs is 2. The number of hydrogen-bond donors (Lipinski definition) is 1. The number of carboxylic acids is 1. The SMILES string of the molecule is O=C(O)c1ccc2c(c1)C(=O)c1ccccc1C2=O.[LiH]. The number of benzene rings is 2. The van der Waals surface area contributed by atoms with Crippen molar-refractivity contribution in [3.8, 4) is 0 Å². The summed E-state index contributed by atoms with van der Waals surface area (Å²) in [4.78, 5) is 35.4. The summed E-state index contributed by atoms with van der Waals surface area (Å²) in [6.45, 7) is 0. The minimum absolute atomic E-state index is 0. The van der Waals surface area contributed by atoms with Crippen molar-refractivity contribution in [2.24, 2.45) is 0 Å². The second-order valence-corrected chi connectivity index (χ2v) is 4.27. The molecule has 0 unspecified atom stereocenters. The van der Waals surface area contributed by atoms with E-state index in [1.165, 1.54) is 18.2 Å². The van der Waals surface area contributed by atoms with Crippen LogP contribution in [-0.4, -0.2) is 41.5 Å². The number of rotatable bonds is 1. The van der Waals surface area contributed by atoms with Crippen LogP contribution in [0.5, 0.6) is 0 Å². The number of ketones is 2. The summed E-state index contributed by atoms with van der Waals surface area (Å²) in [6.07, 6.45) is 0. The molecule has 0 heterocycles. The molecule has 0 atom stereocenters. The summed E-state index contributed by atoms with van der Waals surface area (Å²) in [5.74, 6) is -1.68. The van der Waals surface area contributed by atoms with Gasteiger partial charge in [0.1, 0.15) is 0 Å². The van der Waals surface area contributed by atoms with Gasteiger partial charge < -0.3 is 5.11 Å². The molecule has 0 aromatic heterocycles. The average Bonchev–Trinajstić information content (AvgIpc) is 2.44. The number of carboxylic acid groups (broad SMARTS) is 1. The molecule has 0 saturated heterocycles. The van der Waals surface area contributed by atoms with E-state index in [9.17, 15) is 14.4 Å². The quantitative estimate of drug-likeness (QED) is 0.673. The van der Waals surface area contributed by atoms with Crippen molar-refractivity contribution in [1.82, 2.24) is 0 Å². The molecule has 2 aromatic carbocycles. The molecule has 0 spiro atoms. The van der Waals surface area contributed by atoms with Crippen molar-refractivity contribution in [3.63, 3.8) is 0 Å². The number of carbonyl (C=O) groups is 3. The predicted octanol–water partition coefficient (Wildman–Crippen LogP) is 1.51. The van der Waals surface area contributed by atoms with Gasteiger partial charge in [-0.05, 0) is 18.2 Å². The molecule has 0 amide bonds. The van der Waals surface area contributed by atoms with Gasteiger partial charge in [-0.15, -0.1) is 0 Å². The Hall–Kier alpha value is -2.15. The molecule has 1 N–H and O–H groups in total. The summed E-state index contributed by atoms with van der Waals surface area (Å²) in [5, 5.41) is 8.94. The molecule has 0 bridgehead atoms. The van der Waals surface area contributed by atoms with Crippen LogP contribution in [0.2, 0.25) is 0 Å². The van der Waals surface area contributed by atoms with E-state index < -0.39 is 5.97 Å². The molecule has 0 fully saturated rings. The van der Waals surface area contributed by atoms with E-state index in [0.29, 0.717) is 11.1 Å². The van der Waals surface area contributed by atoms with E-state index in [1.54, 1.807) is 24.3 Å². The van der Waals surface area contributed by atoms with Gasteiger partial charge in [-0.2, -0.15) is 0 Å². The van der Waals surface area contributed by atoms with E-state index in [0.717, 1.165) is 0 Å². The van der Waals surface area contributed by atoms with Crippen molar-refractivity contribution in [1.29, 1.82) is 0 Å². The van der Waals surface area contributed by atoms with E-state index in [2.05, 4.69) is 0 Å². The Morgan fingerprint density at radius 2 is 1.30 bits per heavy atom. The third-order valence-corrected chi connectivity index (χ3v) is 3.17. The van der Waals surface area contributed by atoms with Crippen LogP contribution < -0.4 is 0 Å². The molecule has 0 aliphatic heterocycles. The molecule has 4 nitrogen and oxygen atoms in total. The number of hydrogen-bond acceptors (Lipinski definition) is 3. The molecule has 1 aliphatic carbocycles. The monoisotopic (exact) mass is 260 g/mol. The summed E-state index contributed by atoms with van der Waals surface area (Å²) < 4.78 is 0. The van der Waals surface area contributed by atoms with Gasteiger partial charge in [-0.25, -0.2) is 4.79 Å². The molecule has 5 heteroatoms. The van der Waals surface area contributed by atoms with E-state index >= 15 is 0 Å². The fourth-order valence-electron chi connectivity index (χ4n) is 2.23. The van der Waals surface area contributed by atoms with Crippen LogP contribution in [0.15, 0.2) is 42.5 Å². The van der Waals surface area contributed by atoms with E-state index in [4.69, 9.17) is 5.11 Å². The zero-order chi connectivity index (χ0) is 13.6. The molecular weight excluding hydrogens is 251 g/mol. The first kappa shape index (κ1) is 14.3. The second-order valence-electron chi connectivity index (χ2n) is 4.27. The van der Waals surface area contributed by atoms with Gasteiger partial charge in [0.05, 0.1) is 5.56 Å². The van der Waals surface area contributed by atoms with Gasteiger partial charge in [0, 0.05) is 22.3 Å². The van der Waals surface area contributed by atoms with Gasteiger partial charge in [0.2, 0.25) is 0 Å². The molecule has 0 radical (unpaired) electrons. The van der Waals surface area contributed by atoms with Crippen molar-refractivity contribution in [2.45, 2.75) is 0 Å². The Kier molecular flexibility index (Phi) is 3.63. The van der Waals surface area contributed by atoms with Crippen LogP contribution in [-0.2, 0) is 0 Å². The van der Waals surface area contributed by atoms with Crippen LogP contribution >= 0.6 is 0 Å². The predicted molar refractivity (Wildman–Crippen MR) is 73.9 cm³/mol. The van der Waals surface area contributed by atoms with Crippen LogP contribution in [0.25, 0.3) is 0 Å². The maximum absolute atomic E-state index is 12.3. The minimum atomic E-state index is -1.12. The van der Waals surface area contributed by atoms with Crippen LogP contribution in [0.3, 0.4) is 0 Å². The molecule has 20 heavy (non-hydrogen) atoms. The van der Waals surface area contributed by atoms with Gasteiger partial charge in [0.25, 0.3) is 0 Å². The molecule has 2 aromatic rings. The number of carbonyl (C=O) groups excluding carboxylic acids is 2. The fraction of sp³-hybridized carbons (Fsp3) is 0. The Morgan fingerprint density at radius 1 is 0.800 bits per heavy atom. The van der Waals surface area contributed by atoms with Crippen molar-refractivity contribution < 1.29 is 19.5 Å². The van der Waals surface area contributed by atoms with Crippen molar-refractivity contribution in [2.75, 3.05) is 0 Å². The Balaban J connectivity index is 0.00000147. The van der Waals surface area contributed by atoms with E-state index in [-0.39, 0.29) is 47.1 Å². The third-order valence-electron chi connectivity index (χ3n) is 3.17. The maximum atomic E-state index is 12.3. The normalized spacial score (nSPS) is 12.2. The first-order valence-electron chi connectivity index (χ1n) is 5.65. The van der Waals surface area contributed by atoms with Gasteiger partial charge in [-0.3, -0.25) is 9.59 Å². The Labute approximate surface area is 126 Å². The third kappa shape index (κ3) is 1.99. The summed E-state index contributed by atoms with van der Waals surface area (Å²) in [5.41, 5.74) is 1.10. The van der Waals surface area contributed by atoms with Gasteiger partial charge in [-0.1, -0.05) is 24.3 Å². The topological polar surface area (TPSA) is 71.4 Å². The standard InChI is InChI=1S/C15H8O4.Li.H/c16-13-9-3-1-2-4-10(9)14(17)12-7-8(15(18)19)5-6-11(12)13;;/h1-7H,(H,18,19);;. The molecule has 3 rings (SSSR count). The number of aromatic carboxylic acids is 1. The summed E-state index contributed by atoms with van der Waals surface area (Å²) in [6, 6.07) is 10.5. The summed E-state index contributed by atoms with van der Waals surface area (Å²) >= 11 is 0. The Morgan fingerprint density at radius 3 is 1.85 bits per heavy atom. The average molecular weight is 260 g/mol. The van der Waals surface area contributed by atoms with Crippen LogP contribution in [0.4, 0.5) is 0 Å². The zero-order valence-electron chi connectivity index (χ0n) is 9.71. The van der Waals surface area contributed by atoms with E-state index in [1.807, 2.05) is 0 Å². The van der Waals surface area contributed by atoms with Gasteiger partial charge in [0.15, 0.2) is 11.6 Å². The zero-order valence-corrected chi connectivity index (χ0v) is 9.71. The van der Waals surface area contributed by atoms with Crippen molar-refractivity contribution >= 4 is 36.4 Å². The molecule has 1 aliphatic rings. The molecule has 0 saturated carbocycles. The molecule has 94 valence electrons. The van der Waals surface area contributed by atoms with Gasteiger partial charge >= 0.3 is 24.8 Å². The van der Waals surface area contributed by atoms with Crippen LogP contribution in [0, 0.1) is 0 Å². The second kappa shape index (κ2) is 5.08. The fourth-order valence-corrected chi connectivity index (χ4v) is 2.23. The Bertz CT molecular complexity index is 749. The first-order valence-corrected chi connectivity index (χ1v) is 5.65.